The van der Waals surface area contributed by atoms with Gasteiger partial charge >= 0.3 is 0 Å². The zero-order chi connectivity index (χ0) is 14.9. The molecule has 3 rings (SSSR count). The number of piperazine rings is 1. The van der Waals surface area contributed by atoms with Crippen LogP contribution >= 0.6 is 0 Å². The monoisotopic (exact) mass is 286 g/mol. The summed E-state index contributed by atoms with van der Waals surface area (Å²) >= 11 is 0. The Kier molecular flexibility index (Phi) is 4.11. The molecule has 116 valence electrons. The van der Waals surface area contributed by atoms with Crippen LogP contribution in [0.25, 0.3) is 0 Å². The Hall–Kier alpha value is -0.860. The molecule has 1 saturated heterocycles. The number of benzene rings is 1. The average molecular weight is 286 g/mol. The molecule has 0 amide bonds. The van der Waals surface area contributed by atoms with Crippen LogP contribution in [0.15, 0.2) is 30.3 Å². The zero-order valence-corrected chi connectivity index (χ0v) is 13.9. The van der Waals surface area contributed by atoms with Gasteiger partial charge in [0.25, 0.3) is 0 Å². The van der Waals surface area contributed by atoms with Gasteiger partial charge in [0.15, 0.2) is 0 Å². The van der Waals surface area contributed by atoms with Gasteiger partial charge in [-0.2, -0.15) is 0 Å². The Morgan fingerprint density at radius 2 is 1.90 bits per heavy atom. The molecule has 2 unspecified atom stereocenters. The highest BCUT2D eigenvalue weighted by Gasteiger charge is 2.42. The smallest absolute Gasteiger partial charge is 0.0535 e. The van der Waals surface area contributed by atoms with Crippen molar-refractivity contribution in [2.75, 3.05) is 19.6 Å². The summed E-state index contributed by atoms with van der Waals surface area (Å²) in [6, 6.07) is 11.0. The van der Waals surface area contributed by atoms with Crippen molar-refractivity contribution >= 4 is 0 Å². The average Bonchev–Trinajstić information content (AvgIpc) is 3.34. The van der Waals surface area contributed by atoms with Crippen molar-refractivity contribution in [1.82, 2.24) is 10.2 Å². The molecular weight excluding hydrogens is 256 g/mol. The maximum Gasteiger partial charge on any atom is 0.0535 e. The van der Waals surface area contributed by atoms with Crippen molar-refractivity contribution in [1.29, 1.82) is 0 Å². The van der Waals surface area contributed by atoms with Crippen molar-refractivity contribution in [3.8, 4) is 0 Å². The van der Waals surface area contributed by atoms with E-state index in [9.17, 15) is 0 Å². The van der Waals surface area contributed by atoms with Gasteiger partial charge in [0.05, 0.1) is 5.54 Å². The Labute approximate surface area is 129 Å². The summed E-state index contributed by atoms with van der Waals surface area (Å²) in [5, 5.41) is 3.84. The molecule has 21 heavy (non-hydrogen) atoms. The standard InChI is InChI=1S/C19H30N2/c1-4-18(2)14-20-19(3,17-8-6-5-7-9-17)15-21(18)13-12-16-10-11-16/h5-9,16,20H,4,10-15H2,1-3H3. The van der Waals surface area contributed by atoms with Crippen LogP contribution in [-0.4, -0.2) is 30.1 Å². The van der Waals surface area contributed by atoms with Crippen LogP contribution in [0, 0.1) is 5.92 Å². The molecule has 2 aliphatic rings. The van der Waals surface area contributed by atoms with E-state index in [0.717, 1.165) is 19.0 Å². The lowest BCUT2D eigenvalue weighted by atomic mass is 9.83. The van der Waals surface area contributed by atoms with Crippen molar-refractivity contribution in [3.05, 3.63) is 35.9 Å². The number of hydrogen-bond acceptors (Lipinski definition) is 2. The highest BCUT2D eigenvalue weighted by molar-refractivity contribution is 5.25. The third-order valence-electron chi connectivity index (χ3n) is 5.81. The molecule has 0 aromatic heterocycles. The number of rotatable bonds is 5. The van der Waals surface area contributed by atoms with E-state index in [4.69, 9.17) is 0 Å². The molecular formula is C19H30N2. The normalized spacial score (nSPS) is 34.0. The highest BCUT2D eigenvalue weighted by atomic mass is 15.3. The molecule has 1 aromatic carbocycles. The fraction of sp³-hybridized carbons (Fsp3) is 0.684. The highest BCUT2D eigenvalue weighted by Crippen LogP contribution is 2.36. The predicted molar refractivity (Wildman–Crippen MR) is 89.4 cm³/mol. The van der Waals surface area contributed by atoms with E-state index < -0.39 is 0 Å². The quantitative estimate of drug-likeness (QED) is 0.886. The van der Waals surface area contributed by atoms with E-state index in [0.29, 0.717) is 5.54 Å². The van der Waals surface area contributed by atoms with E-state index in [1.807, 2.05) is 0 Å². The molecule has 1 saturated carbocycles. The van der Waals surface area contributed by atoms with Gasteiger partial charge in [-0.05, 0) is 44.7 Å². The van der Waals surface area contributed by atoms with Crippen LogP contribution in [0.3, 0.4) is 0 Å². The Morgan fingerprint density at radius 1 is 1.19 bits per heavy atom. The third kappa shape index (κ3) is 3.17. The maximum absolute atomic E-state index is 3.84. The summed E-state index contributed by atoms with van der Waals surface area (Å²) in [5.41, 5.74) is 1.81. The van der Waals surface area contributed by atoms with E-state index >= 15 is 0 Å². The predicted octanol–water partition coefficient (Wildman–Crippen LogP) is 3.78. The molecule has 2 heteroatoms. The van der Waals surface area contributed by atoms with Crippen molar-refractivity contribution < 1.29 is 0 Å². The van der Waals surface area contributed by atoms with E-state index in [1.165, 1.54) is 37.8 Å². The molecule has 0 spiro atoms. The molecule has 1 aliphatic carbocycles. The van der Waals surface area contributed by atoms with E-state index in [2.05, 4.69) is 61.3 Å². The first-order valence-corrected chi connectivity index (χ1v) is 8.61. The van der Waals surface area contributed by atoms with Gasteiger partial charge in [-0.25, -0.2) is 0 Å². The first kappa shape index (κ1) is 15.1. The van der Waals surface area contributed by atoms with E-state index in [-0.39, 0.29) is 5.54 Å². The van der Waals surface area contributed by atoms with Crippen LogP contribution in [0.2, 0.25) is 0 Å². The second kappa shape index (κ2) is 5.73. The van der Waals surface area contributed by atoms with Gasteiger partial charge in [-0.1, -0.05) is 50.1 Å². The van der Waals surface area contributed by atoms with Gasteiger partial charge in [0, 0.05) is 18.6 Å². The molecule has 0 bridgehead atoms. The van der Waals surface area contributed by atoms with Gasteiger partial charge < -0.3 is 5.32 Å². The lowest BCUT2D eigenvalue weighted by Gasteiger charge is -2.52. The van der Waals surface area contributed by atoms with Crippen LogP contribution < -0.4 is 5.32 Å². The fourth-order valence-corrected chi connectivity index (χ4v) is 3.57. The summed E-state index contributed by atoms with van der Waals surface area (Å²) in [6.45, 7) is 10.6. The molecule has 1 heterocycles. The largest absolute Gasteiger partial charge is 0.305 e. The minimum absolute atomic E-state index is 0.0828. The van der Waals surface area contributed by atoms with Crippen molar-refractivity contribution in [2.24, 2.45) is 5.92 Å². The second-order valence-corrected chi connectivity index (χ2v) is 7.56. The Bertz CT molecular complexity index is 468. The fourth-order valence-electron chi connectivity index (χ4n) is 3.57. The van der Waals surface area contributed by atoms with E-state index in [1.54, 1.807) is 0 Å². The van der Waals surface area contributed by atoms with Gasteiger partial charge in [0.1, 0.15) is 0 Å². The second-order valence-electron chi connectivity index (χ2n) is 7.56. The molecule has 2 nitrogen and oxygen atoms in total. The van der Waals surface area contributed by atoms with Crippen LogP contribution in [0.5, 0.6) is 0 Å². The summed E-state index contributed by atoms with van der Waals surface area (Å²) in [4.78, 5) is 2.76. The summed E-state index contributed by atoms with van der Waals surface area (Å²) in [7, 11) is 0. The Morgan fingerprint density at radius 3 is 2.52 bits per heavy atom. The van der Waals surface area contributed by atoms with Gasteiger partial charge in [0.2, 0.25) is 0 Å². The zero-order valence-electron chi connectivity index (χ0n) is 13.9. The minimum Gasteiger partial charge on any atom is -0.305 e. The van der Waals surface area contributed by atoms with Gasteiger partial charge in [-0.3, -0.25) is 4.90 Å². The topological polar surface area (TPSA) is 15.3 Å². The molecule has 0 radical (unpaired) electrons. The molecule has 1 aromatic rings. The SMILES string of the molecule is CCC1(C)CNC(C)(c2ccccc2)CN1CCC1CC1. The first-order chi connectivity index (χ1) is 10.1. The lowest BCUT2D eigenvalue weighted by Crippen LogP contribution is -2.66. The summed E-state index contributed by atoms with van der Waals surface area (Å²) in [6.07, 6.45) is 5.53. The summed E-state index contributed by atoms with van der Waals surface area (Å²) in [5.74, 6) is 1.02. The number of nitrogens with one attached hydrogen (secondary N) is 1. The summed E-state index contributed by atoms with van der Waals surface area (Å²) < 4.78 is 0. The van der Waals surface area contributed by atoms with Crippen molar-refractivity contribution in [3.63, 3.8) is 0 Å². The molecule has 2 fully saturated rings. The minimum atomic E-state index is 0.0828. The van der Waals surface area contributed by atoms with Crippen LogP contribution in [-0.2, 0) is 5.54 Å². The number of nitrogens with zero attached hydrogens (tertiary/aromatic N) is 1. The lowest BCUT2D eigenvalue weighted by molar-refractivity contribution is 0.0150. The van der Waals surface area contributed by atoms with Crippen molar-refractivity contribution in [2.45, 2.75) is 57.5 Å². The maximum atomic E-state index is 3.84. The van der Waals surface area contributed by atoms with Crippen LogP contribution in [0.1, 0.15) is 52.0 Å². The first-order valence-electron chi connectivity index (χ1n) is 8.61. The number of hydrogen-bond donors (Lipinski definition) is 1. The molecule has 1 N–H and O–H groups in total. The van der Waals surface area contributed by atoms with Gasteiger partial charge in [-0.15, -0.1) is 0 Å². The Balaban J connectivity index is 1.76. The molecule has 2 atom stereocenters. The van der Waals surface area contributed by atoms with Crippen LogP contribution in [0.4, 0.5) is 0 Å². The molecule has 1 aliphatic heterocycles. The third-order valence-corrected chi connectivity index (χ3v) is 5.81.